The third-order valence-electron chi connectivity index (χ3n) is 2.64. The number of hydrogen-bond acceptors (Lipinski definition) is 6. The Labute approximate surface area is 130 Å². The molecule has 3 N–H and O–H groups in total. The Morgan fingerprint density at radius 3 is 2.77 bits per heavy atom. The first-order valence-electron chi connectivity index (χ1n) is 6.37. The highest BCUT2D eigenvalue weighted by Gasteiger charge is 2.11. The summed E-state index contributed by atoms with van der Waals surface area (Å²) in [5.41, 5.74) is 3.22. The number of phenols is 1. The molecule has 0 saturated carbocycles. The molecule has 0 fully saturated rings. The summed E-state index contributed by atoms with van der Waals surface area (Å²) >= 11 is 1.27. The number of nitrogens with one attached hydrogen (secondary N) is 2. The fourth-order valence-corrected chi connectivity index (χ4v) is 2.17. The van der Waals surface area contributed by atoms with Crippen molar-refractivity contribution in [2.75, 3.05) is 5.32 Å². The minimum Gasteiger partial charge on any atom is -0.507 e. The van der Waals surface area contributed by atoms with Gasteiger partial charge in [0.1, 0.15) is 12.2 Å². The number of carbonyl (C=O) groups is 2. The van der Waals surface area contributed by atoms with E-state index in [1.54, 1.807) is 36.7 Å². The summed E-state index contributed by atoms with van der Waals surface area (Å²) in [6.07, 6.45) is 1.19. The topological polar surface area (TPSA) is 104 Å². The van der Waals surface area contributed by atoms with E-state index < -0.39 is 11.8 Å². The third kappa shape index (κ3) is 4.38. The molecule has 1 heterocycles. The normalized spacial score (nSPS) is 11.0. The summed E-state index contributed by atoms with van der Waals surface area (Å²) in [5, 5.41) is 18.2. The number of aromatic hydroxyl groups is 1. The highest BCUT2D eigenvalue weighted by atomic mass is 32.1. The summed E-state index contributed by atoms with van der Waals surface area (Å²) in [4.78, 5) is 27.1. The van der Waals surface area contributed by atoms with Crippen molar-refractivity contribution in [2.24, 2.45) is 5.10 Å². The van der Waals surface area contributed by atoms with Crippen LogP contribution in [-0.4, -0.2) is 27.6 Å². The third-order valence-corrected chi connectivity index (χ3v) is 3.33. The second kappa shape index (κ2) is 7.32. The average molecular weight is 318 g/mol. The van der Waals surface area contributed by atoms with Gasteiger partial charge in [0.25, 0.3) is 0 Å². The number of aromatic nitrogens is 1. The summed E-state index contributed by atoms with van der Waals surface area (Å²) in [5.74, 6) is -0.953. The fourth-order valence-electron chi connectivity index (χ4n) is 1.62. The molecule has 1 aromatic carbocycles. The van der Waals surface area contributed by atoms with Gasteiger partial charge < -0.3 is 10.4 Å². The average Bonchev–Trinajstić information content (AvgIpc) is 2.98. The molecule has 0 unspecified atom stereocenters. The number of para-hydroxylation sites is 1. The van der Waals surface area contributed by atoms with Crippen LogP contribution in [0.4, 0.5) is 5.13 Å². The predicted octanol–water partition coefficient (Wildman–Crippen LogP) is 1.72. The molecule has 0 aliphatic carbocycles. The molecule has 22 heavy (non-hydrogen) atoms. The Hall–Kier alpha value is -2.74. The summed E-state index contributed by atoms with van der Waals surface area (Å²) in [7, 11) is 0. The quantitative estimate of drug-likeness (QED) is 0.443. The Bertz CT molecular complexity index is 698. The monoisotopic (exact) mass is 318 g/mol. The van der Waals surface area contributed by atoms with Crippen molar-refractivity contribution in [3.63, 3.8) is 0 Å². The van der Waals surface area contributed by atoms with Crippen LogP contribution in [0.3, 0.4) is 0 Å². The van der Waals surface area contributed by atoms with Crippen molar-refractivity contribution in [3.8, 4) is 5.75 Å². The van der Waals surface area contributed by atoms with E-state index in [0.29, 0.717) is 16.4 Å². The first-order valence-corrected chi connectivity index (χ1v) is 7.25. The number of hydrogen-bond donors (Lipinski definition) is 3. The van der Waals surface area contributed by atoms with E-state index in [1.807, 2.05) is 0 Å². The standard InChI is InChI=1S/C14H14N4O3S/c1-9(10-4-2-3-5-11(10)19)17-18-13(21)8-12(20)16-14-15-6-7-22-14/h2-7,19H,8H2,1H3,(H,18,21)(H,15,16,20)/b17-9+. The lowest BCUT2D eigenvalue weighted by Gasteiger charge is -2.04. The second-order valence-electron chi connectivity index (χ2n) is 4.31. The molecule has 8 heteroatoms. The highest BCUT2D eigenvalue weighted by molar-refractivity contribution is 7.13. The van der Waals surface area contributed by atoms with Crippen LogP contribution in [0, 0.1) is 0 Å². The van der Waals surface area contributed by atoms with Crippen LogP contribution >= 0.6 is 11.3 Å². The van der Waals surface area contributed by atoms with Gasteiger partial charge in [0.2, 0.25) is 11.8 Å². The van der Waals surface area contributed by atoms with Crippen LogP contribution < -0.4 is 10.7 Å². The van der Waals surface area contributed by atoms with Gasteiger partial charge >= 0.3 is 0 Å². The van der Waals surface area contributed by atoms with E-state index in [9.17, 15) is 14.7 Å². The first-order chi connectivity index (χ1) is 10.6. The molecule has 0 saturated heterocycles. The van der Waals surface area contributed by atoms with Gasteiger partial charge in [-0.05, 0) is 19.1 Å². The minimum absolute atomic E-state index is 0.0690. The van der Waals surface area contributed by atoms with Crippen LogP contribution in [0.15, 0.2) is 40.9 Å². The molecular weight excluding hydrogens is 304 g/mol. The van der Waals surface area contributed by atoms with E-state index >= 15 is 0 Å². The van der Waals surface area contributed by atoms with Crippen LogP contribution in [-0.2, 0) is 9.59 Å². The zero-order valence-electron chi connectivity index (χ0n) is 11.7. The lowest BCUT2D eigenvalue weighted by molar-refractivity contribution is -0.126. The highest BCUT2D eigenvalue weighted by Crippen LogP contribution is 2.16. The van der Waals surface area contributed by atoms with Gasteiger partial charge in [0, 0.05) is 17.1 Å². The number of phenolic OH excluding ortho intramolecular Hbond substituents is 1. The lowest BCUT2D eigenvalue weighted by Crippen LogP contribution is -2.25. The van der Waals surface area contributed by atoms with Gasteiger partial charge in [0.05, 0.1) is 5.71 Å². The van der Waals surface area contributed by atoms with E-state index in [2.05, 4.69) is 20.8 Å². The van der Waals surface area contributed by atoms with Crippen LogP contribution in [0.2, 0.25) is 0 Å². The summed E-state index contributed by atoms with van der Waals surface area (Å²) in [6, 6.07) is 6.64. The van der Waals surface area contributed by atoms with E-state index in [4.69, 9.17) is 0 Å². The second-order valence-corrected chi connectivity index (χ2v) is 5.21. The molecule has 114 valence electrons. The zero-order chi connectivity index (χ0) is 15.9. The Morgan fingerprint density at radius 2 is 2.09 bits per heavy atom. The number of hydrazone groups is 1. The summed E-state index contributed by atoms with van der Waals surface area (Å²) < 4.78 is 0. The van der Waals surface area contributed by atoms with Crippen LogP contribution in [0.5, 0.6) is 5.75 Å². The lowest BCUT2D eigenvalue weighted by atomic mass is 10.1. The van der Waals surface area contributed by atoms with Gasteiger partial charge in [-0.25, -0.2) is 10.4 Å². The Morgan fingerprint density at radius 1 is 1.32 bits per heavy atom. The van der Waals surface area contributed by atoms with Crippen molar-refractivity contribution in [1.29, 1.82) is 0 Å². The number of nitrogens with zero attached hydrogens (tertiary/aromatic N) is 2. The van der Waals surface area contributed by atoms with E-state index in [-0.39, 0.29) is 12.2 Å². The Kier molecular flexibility index (Phi) is 5.21. The van der Waals surface area contributed by atoms with Gasteiger partial charge in [-0.2, -0.15) is 5.10 Å². The maximum atomic E-state index is 11.6. The van der Waals surface area contributed by atoms with Crippen molar-refractivity contribution < 1.29 is 14.7 Å². The molecule has 7 nitrogen and oxygen atoms in total. The number of benzene rings is 1. The van der Waals surface area contributed by atoms with Crippen LogP contribution in [0.25, 0.3) is 0 Å². The molecule has 2 rings (SSSR count). The van der Waals surface area contributed by atoms with Crippen molar-refractivity contribution >= 4 is 34.0 Å². The number of anilines is 1. The van der Waals surface area contributed by atoms with Crippen molar-refractivity contribution in [2.45, 2.75) is 13.3 Å². The molecule has 0 atom stereocenters. The molecule has 2 amide bonds. The maximum Gasteiger partial charge on any atom is 0.249 e. The first kappa shape index (κ1) is 15.6. The van der Waals surface area contributed by atoms with E-state index in [0.717, 1.165) is 0 Å². The molecule has 0 bridgehead atoms. The van der Waals surface area contributed by atoms with Crippen molar-refractivity contribution in [1.82, 2.24) is 10.4 Å². The predicted molar refractivity (Wildman–Crippen MR) is 83.8 cm³/mol. The smallest absolute Gasteiger partial charge is 0.249 e. The van der Waals surface area contributed by atoms with Gasteiger partial charge in [-0.1, -0.05) is 12.1 Å². The van der Waals surface area contributed by atoms with Crippen molar-refractivity contribution in [3.05, 3.63) is 41.4 Å². The molecule has 0 aliphatic rings. The SMILES string of the molecule is C/C(=N\NC(=O)CC(=O)Nc1nccs1)c1ccccc1O. The van der Waals surface area contributed by atoms with Gasteiger partial charge in [0.15, 0.2) is 5.13 Å². The molecule has 1 aromatic heterocycles. The number of carbonyl (C=O) groups excluding carboxylic acids is 2. The van der Waals surface area contributed by atoms with E-state index in [1.165, 1.54) is 17.4 Å². The maximum absolute atomic E-state index is 11.6. The van der Waals surface area contributed by atoms with Crippen LogP contribution in [0.1, 0.15) is 18.9 Å². The number of amides is 2. The Balaban J connectivity index is 1.88. The number of thiazole rings is 1. The van der Waals surface area contributed by atoms with Gasteiger partial charge in [-0.3, -0.25) is 9.59 Å². The minimum atomic E-state index is -0.552. The van der Waals surface area contributed by atoms with Gasteiger partial charge in [-0.15, -0.1) is 11.3 Å². The molecule has 0 aliphatic heterocycles. The molecular formula is C14H14N4O3S. The fraction of sp³-hybridized carbons (Fsp3) is 0.143. The zero-order valence-corrected chi connectivity index (χ0v) is 12.6. The summed E-state index contributed by atoms with van der Waals surface area (Å²) in [6.45, 7) is 1.64. The molecule has 2 aromatic rings. The number of rotatable bonds is 5. The largest absolute Gasteiger partial charge is 0.507 e. The molecule has 0 spiro atoms. The molecule has 0 radical (unpaired) electrons.